The van der Waals surface area contributed by atoms with E-state index in [4.69, 9.17) is 10.5 Å². The molecule has 1 amide bonds. The molecule has 0 bridgehead atoms. The van der Waals surface area contributed by atoms with E-state index in [2.05, 4.69) is 0 Å². The molecular weight excluding hydrogens is 271 g/mol. The summed E-state index contributed by atoms with van der Waals surface area (Å²) in [4.78, 5) is 13.5. The summed E-state index contributed by atoms with van der Waals surface area (Å²) in [5.41, 5.74) is 6.46. The first-order chi connectivity index (χ1) is 8.58. The molecule has 2 unspecified atom stereocenters. The molecule has 0 aliphatic carbocycles. The number of carbonyl (C=O) groups excluding carboxylic acids is 1. The highest BCUT2D eigenvalue weighted by atomic mass is 35.5. The van der Waals surface area contributed by atoms with Crippen molar-refractivity contribution in [1.82, 2.24) is 4.90 Å². The molecule has 2 atom stereocenters. The fourth-order valence-corrected chi connectivity index (χ4v) is 2.02. The van der Waals surface area contributed by atoms with Crippen LogP contribution in [0.25, 0.3) is 0 Å². The first-order valence-electron chi connectivity index (χ1n) is 5.99. The van der Waals surface area contributed by atoms with Gasteiger partial charge in [0.05, 0.1) is 19.2 Å². The van der Waals surface area contributed by atoms with Crippen LogP contribution in [0.3, 0.4) is 0 Å². The SMILES string of the molecule is CC(N)C(=O)N1CCOC(c2ccc(F)cc2)C1.Cl. The van der Waals surface area contributed by atoms with Gasteiger partial charge in [-0.1, -0.05) is 12.1 Å². The van der Waals surface area contributed by atoms with Crippen molar-refractivity contribution in [3.8, 4) is 0 Å². The lowest BCUT2D eigenvalue weighted by molar-refractivity contribution is -0.140. The van der Waals surface area contributed by atoms with Gasteiger partial charge in [-0.25, -0.2) is 4.39 Å². The molecule has 2 N–H and O–H groups in total. The number of hydrogen-bond donors (Lipinski definition) is 1. The van der Waals surface area contributed by atoms with Crippen LogP contribution in [0.4, 0.5) is 4.39 Å². The smallest absolute Gasteiger partial charge is 0.239 e. The summed E-state index contributed by atoms with van der Waals surface area (Å²) in [6.45, 7) is 3.16. The third-order valence-corrected chi connectivity index (χ3v) is 3.01. The number of rotatable bonds is 2. The van der Waals surface area contributed by atoms with Crippen LogP contribution in [0.1, 0.15) is 18.6 Å². The normalized spacial score (nSPS) is 20.6. The molecule has 0 aromatic heterocycles. The number of morpholine rings is 1. The van der Waals surface area contributed by atoms with E-state index in [1.165, 1.54) is 12.1 Å². The van der Waals surface area contributed by atoms with Gasteiger partial charge < -0.3 is 15.4 Å². The van der Waals surface area contributed by atoms with E-state index in [1.54, 1.807) is 24.0 Å². The maximum absolute atomic E-state index is 12.8. The lowest BCUT2D eigenvalue weighted by Gasteiger charge is -2.34. The zero-order valence-electron chi connectivity index (χ0n) is 10.7. The summed E-state index contributed by atoms with van der Waals surface area (Å²) in [6.07, 6.45) is -0.206. The fourth-order valence-electron chi connectivity index (χ4n) is 2.02. The number of benzene rings is 1. The zero-order chi connectivity index (χ0) is 13.1. The van der Waals surface area contributed by atoms with Crippen molar-refractivity contribution in [1.29, 1.82) is 0 Å². The minimum absolute atomic E-state index is 0. The average Bonchev–Trinajstić information content (AvgIpc) is 2.38. The van der Waals surface area contributed by atoms with Crippen LogP contribution in [0.2, 0.25) is 0 Å². The van der Waals surface area contributed by atoms with Gasteiger partial charge in [0.2, 0.25) is 5.91 Å². The molecule has 1 aliphatic heterocycles. The van der Waals surface area contributed by atoms with Crippen LogP contribution in [0, 0.1) is 5.82 Å². The highest BCUT2D eigenvalue weighted by Gasteiger charge is 2.26. The van der Waals surface area contributed by atoms with Gasteiger partial charge in [0.25, 0.3) is 0 Å². The predicted molar refractivity (Wildman–Crippen MR) is 72.6 cm³/mol. The van der Waals surface area contributed by atoms with Crippen LogP contribution in [-0.2, 0) is 9.53 Å². The molecule has 1 aromatic carbocycles. The van der Waals surface area contributed by atoms with E-state index in [1.807, 2.05) is 0 Å². The number of nitrogens with zero attached hydrogens (tertiary/aromatic N) is 1. The highest BCUT2D eigenvalue weighted by Crippen LogP contribution is 2.22. The predicted octanol–water partition coefficient (Wildman–Crippen LogP) is 1.49. The van der Waals surface area contributed by atoms with Crippen molar-refractivity contribution in [2.45, 2.75) is 19.1 Å². The van der Waals surface area contributed by atoms with Crippen molar-refractivity contribution < 1.29 is 13.9 Å². The van der Waals surface area contributed by atoms with E-state index >= 15 is 0 Å². The first kappa shape index (κ1) is 15.9. The molecule has 6 heteroatoms. The van der Waals surface area contributed by atoms with E-state index in [9.17, 15) is 9.18 Å². The van der Waals surface area contributed by atoms with Crippen molar-refractivity contribution in [2.75, 3.05) is 19.7 Å². The number of halogens is 2. The molecule has 0 radical (unpaired) electrons. The zero-order valence-corrected chi connectivity index (χ0v) is 11.5. The van der Waals surface area contributed by atoms with Gasteiger partial charge in [0.15, 0.2) is 0 Å². The lowest BCUT2D eigenvalue weighted by Crippen LogP contribution is -2.48. The summed E-state index contributed by atoms with van der Waals surface area (Å²) in [5.74, 6) is -0.358. The van der Waals surface area contributed by atoms with Crippen molar-refractivity contribution in [3.63, 3.8) is 0 Å². The summed E-state index contributed by atoms with van der Waals surface area (Å²) in [5, 5.41) is 0. The topological polar surface area (TPSA) is 55.6 Å². The molecule has 1 heterocycles. The summed E-state index contributed by atoms with van der Waals surface area (Å²) >= 11 is 0. The molecule has 1 aromatic rings. The van der Waals surface area contributed by atoms with Crippen molar-refractivity contribution >= 4 is 18.3 Å². The summed E-state index contributed by atoms with van der Waals surface area (Å²) in [6, 6.07) is 5.65. The minimum atomic E-state index is -0.503. The minimum Gasteiger partial charge on any atom is -0.370 e. The van der Waals surface area contributed by atoms with Crippen molar-refractivity contribution in [2.24, 2.45) is 5.73 Å². The first-order valence-corrected chi connectivity index (χ1v) is 5.99. The quantitative estimate of drug-likeness (QED) is 0.897. The van der Waals surface area contributed by atoms with Gasteiger partial charge in [-0.3, -0.25) is 4.79 Å². The molecule has 1 aliphatic rings. The highest BCUT2D eigenvalue weighted by molar-refractivity contribution is 5.85. The second-order valence-corrected chi connectivity index (χ2v) is 4.48. The van der Waals surface area contributed by atoms with Crippen molar-refractivity contribution in [3.05, 3.63) is 35.6 Å². The van der Waals surface area contributed by atoms with Crippen LogP contribution in [-0.4, -0.2) is 36.5 Å². The molecule has 1 saturated heterocycles. The Morgan fingerprint density at radius 1 is 1.47 bits per heavy atom. The van der Waals surface area contributed by atoms with Gasteiger partial charge >= 0.3 is 0 Å². The van der Waals surface area contributed by atoms with E-state index in [0.29, 0.717) is 19.7 Å². The maximum atomic E-state index is 12.8. The standard InChI is InChI=1S/C13H17FN2O2.ClH/c1-9(15)13(17)16-6-7-18-12(8-16)10-2-4-11(14)5-3-10;/h2-5,9,12H,6-8,15H2,1H3;1H. The summed E-state index contributed by atoms with van der Waals surface area (Å²) < 4.78 is 18.4. The molecule has 2 rings (SSSR count). The average molecular weight is 289 g/mol. The molecule has 0 saturated carbocycles. The Morgan fingerprint density at radius 2 is 2.11 bits per heavy atom. The van der Waals surface area contributed by atoms with Gasteiger partial charge in [-0.15, -0.1) is 12.4 Å². The Hall–Kier alpha value is -1.17. The third-order valence-electron chi connectivity index (χ3n) is 3.01. The monoisotopic (exact) mass is 288 g/mol. The van der Waals surface area contributed by atoms with Gasteiger partial charge in [0.1, 0.15) is 11.9 Å². The van der Waals surface area contributed by atoms with Crippen LogP contribution < -0.4 is 5.73 Å². The Labute approximate surface area is 118 Å². The number of amides is 1. The number of ether oxygens (including phenoxy) is 1. The Bertz CT molecular complexity index is 425. The number of nitrogens with two attached hydrogens (primary N) is 1. The fraction of sp³-hybridized carbons (Fsp3) is 0.462. The van der Waals surface area contributed by atoms with Gasteiger partial charge in [-0.05, 0) is 24.6 Å². The number of hydrogen-bond acceptors (Lipinski definition) is 3. The lowest BCUT2D eigenvalue weighted by atomic mass is 10.1. The maximum Gasteiger partial charge on any atom is 0.239 e. The Morgan fingerprint density at radius 3 is 2.68 bits per heavy atom. The molecular formula is C13H18ClFN2O2. The molecule has 4 nitrogen and oxygen atoms in total. The second kappa shape index (κ2) is 6.84. The Kier molecular flexibility index (Phi) is 5.72. The van der Waals surface area contributed by atoms with Crippen LogP contribution in [0.5, 0.6) is 0 Å². The number of carbonyl (C=O) groups is 1. The molecule has 0 spiro atoms. The molecule has 1 fully saturated rings. The third kappa shape index (κ3) is 3.89. The Balaban J connectivity index is 0.00000180. The summed E-state index contributed by atoms with van der Waals surface area (Å²) in [7, 11) is 0. The second-order valence-electron chi connectivity index (χ2n) is 4.48. The van der Waals surface area contributed by atoms with Crippen LogP contribution >= 0.6 is 12.4 Å². The van der Waals surface area contributed by atoms with E-state index < -0.39 is 6.04 Å². The van der Waals surface area contributed by atoms with Gasteiger partial charge in [-0.2, -0.15) is 0 Å². The molecule has 106 valence electrons. The largest absolute Gasteiger partial charge is 0.370 e. The van der Waals surface area contributed by atoms with E-state index in [0.717, 1.165) is 5.56 Å². The van der Waals surface area contributed by atoms with E-state index in [-0.39, 0.29) is 30.2 Å². The van der Waals surface area contributed by atoms with Crippen LogP contribution in [0.15, 0.2) is 24.3 Å². The molecule has 19 heavy (non-hydrogen) atoms. The van der Waals surface area contributed by atoms with Gasteiger partial charge in [0, 0.05) is 6.54 Å².